The molecular weight excluding hydrogens is 190 g/mol. The van der Waals surface area contributed by atoms with Crippen molar-refractivity contribution < 1.29 is 9.21 Å². The number of furan rings is 1. The Hall–Kier alpha value is -0.960. The van der Waals surface area contributed by atoms with E-state index in [9.17, 15) is 4.79 Å². The predicted octanol–water partition coefficient (Wildman–Crippen LogP) is 2.46. The van der Waals surface area contributed by atoms with Crippen molar-refractivity contribution in [3.05, 3.63) is 23.1 Å². The summed E-state index contributed by atoms with van der Waals surface area (Å²) in [5.41, 5.74) is -0.268. The normalized spacial score (nSPS) is 11.4. The van der Waals surface area contributed by atoms with Crippen molar-refractivity contribution in [2.75, 3.05) is 0 Å². The summed E-state index contributed by atoms with van der Waals surface area (Å²) in [5, 5.41) is 2.98. The molecule has 0 saturated carbocycles. The van der Waals surface area contributed by atoms with Crippen LogP contribution in [-0.2, 0) is 0 Å². The van der Waals surface area contributed by atoms with Gasteiger partial charge in [-0.3, -0.25) is 4.79 Å². The molecule has 1 heterocycles. The first kappa shape index (κ1) is 10.1. The Bertz CT molecular complexity index is 312. The van der Waals surface area contributed by atoms with E-state index in [2.05, 4.69) is 5.32 Å². The lowest BCUT2D eigenvalue weighted by Crippen LogP contribution is -2.40. The highest BCUT2D eigenvalue weighted by molar-refractivity contribution is 6.29. The summed E-state index contributed by atoms with van der Waals surface area (Å²) in [7, 11) is 0. The molecule has 0 saturated heterocycles. The molecule has 0 spiro atoms. The minimum Gasteiger partial charge on any atom is -0.440 e. The Labute approximate surface area is 82.1 Å². The highest BCUT2D eigenvalue weighted by atomic mass is 35.5. The lowest BCUT2D eigenvalue weighted by atomic mass is 10.1. The van der Waals surface area contributed by atoms with Crippen LogP contribution in [0.3, 0.4) is 0 Å². The smallest absolute Gasteiger partial charge is 0.287 e. The van der Waals surface area contributed by atoms with Crippen LogP contribution in [0.4, 0.5) is 0 Å². The Morgan fingerprint density at radius 3 is 2.46 bits per heavy atom. The largest absolute Gasteiger partial charge is 0.440 e. The van der Waals surface area contributed by atoms with E-state index >= 15 is 0 Å². The zero-order valence-corrected chi connectivity index (χ0v) is 8.61. The van der Waals surface area contributed by atoms with Gasteiger partial charge in [-0.25, -0.2) is 0 Å². The number of halogens is 1. The van der Waals surface area contributed by atoms with Crippen LogP contribution in [0.15, 0.2) is 16.5 Å². The van der Waals surface area contributed by atoms with Gasteiger partial charge in [-0.1, -0.05) is 0 Å². The molecule has 1 aromatic heterocycles. The summed E-state index contributed by atoms with van der Waals surface area (Å²) < 4.78 is 4.94. The van der Waals surface area contributed by atoms with E-state index in [0.717, 1.165) is 0 Å². The van der Waals surface area contributed by atoms with Crippen LogP contribution in [0.1, 0.15) is 31.3 Å². The zero-order chi connectivity index (χ0) is 10.1. The van der Waals surface area contributed by atoms with Gasteiger partial charge in [0.25, 0.3) is 5.91 Å². The molecule has 0 atom stereocenters. The SMILES string of the molecule is CC(C)(C)NC(=O)c1ccc(Cl)o1. The van der Waals surface area contributed by atoms with Gasteiger partial charge in [0.2, 0.25) is 0 Å². The first-order valence-corrected chi connectivity index (χ1v) is 4.34. The average Bonchev–Trinajstić information content (AvgIpc) is 2.31. The van der Waals surface area contributed by atoms with Crippen molar-refractivity contribution in [2.24, 2.45) is 0 Å². The maximum absolute atomic E-state index is 11.4. The fraction of sp³-hybridized carbons (Fsp3) is 0.444. The number of nitrogens with one attached hydrogen (secondary N) is 1. The fourth-order valence-electron chi connectivity index (χ4n) is 0.839. The Balaban J connectivity index is 2.70. The van der Waals surface area contributed by atoms with E-state index in [1.54, 1.807) is 12.1 Å². The molecule has 0 aromatic carbocycles. The molecule has 4 heteroatoms. The molecule has 1 N–H and O–H groups in total. The van der Waals surface area contributed by atoms with E-state index < -0.39 is 0 Å². The number of hydrogen-bond acceptors (Lipinski definition) is 2. The van der Waals surface area contributed by atoms with Gasteiger partial charge in [0.05, 0.1) is 0 Å². The fourth-order valence-corrected chi connectivity index (χ4v) is 0.985. The second kappa shape index (κ2) is 3.42. The third kappa shape index (κ3) is 3.11. The van der Waals surface area contributed by atoms with E-state index in [1.807, 2.05) is 20.8 Å². The number of carbonyl (C=O) groups is 1. The van der Waals surface area contributed by atoms with E-state index in [1.165, 1.54) is 0 Å². The maximum atomic E-state index is 11.4. The second-order valence-corrected chi connectivity index (χ2v) is 4.18. The van der Waals surface area contributed by atoms with Crippen LogP contribution in [0, 0.1) is 0 Å². The topological polar surface area (TPSA) is 42.2 Å². The Morgan fingerprint density at radius 2 is 2.08 bits per heavy atom. The number of amides is 1. The standard InChI is InChI=1S/C9H12ClNO2/c1-9(2,3)11-8(12)6-4-5-7(10)13-6/h4-5H,1-3H3,(H,11,12). The van der Waals surface area contributed by atoms with Crippen molar-refractivity contribution in [3.63, 3.8) is 0 Å². The van der Waals surface area contributed by atoms with Crippen LogP contribution in [0.2, 0.25) is 5.22 Å². The third-order valence-corrected chi connectivity index (χ3v) is 1.49. The first-order chi connectivity index (χ1) is 5.88. The zero-order valence-electron chi connectivity index (χ0n) is 7.85. The highest BCUT2D eigenvalue weighted by Crippen LogP contribution is 2.13. The van der Waals surface area contributed by atoms with Gasteiger partial charge in [-0.15, -0.1) is 0 Å². The summed E-state index contributed by atoms with van der Waals surface area (Å²) in [5.74, 6) is -0.0145. The number of rotatable bonds is 1. The quantitative estimate of drug-likeness (QED) is 0.759. The van der Waals surface area contributed by atoms with Gasteiger partial charge in [0.15, 0.2) is 11.0 Å². The minimum atomic E-state index is -0.268. The molecule has 0 radical (unpaired) electrons. The molecule has 13 heavy (non-hydrogen) atoms. The lowest BCUT2D eigenvalue weighted by molar-refractivity contribution is 0.0891. The molecule has 1 aromatic rings. The number of hydrogen-bond donors (Lipinski definition) is 1. The van der Waals surface area contributed by atoms with Crippen molar-refractivity contribution in [1.82, 2.24) is 5.32 Å². The Kier molecular flexibility index (Phi) is 2.66. The molecule has 0 unspecified atom stereocenters. The van der Waals surface area contributed by atoms with Gasteiger partial charge >= 0.3 is 0 Å². The number of carbonyl (C=O) groups excluding carboxylic acids is 1. The summed E-state index contributed by atoms with van der Waals surface area (Å²) >= 11 is 5.53. The summed E-state index contributed by atoms with van der Waals surface area (Å²) in [6.45, 7) is 5.69. The van der Waals surface area contributed by atoms with E-state index in [-0.39, 0.29) is 22.4 Å². The van der Waals surface area contributed by atoms with Crippen LogP contribution in [-0.4, -0.2) is 11.4 Å². The van der Waals surface area contributed by atoms with Crippen LogP contribution >= 0.6 is 11.6 Å². The van der Waals surface area contributed by atoms with E-state index in [0.29, 0.717) is 0 Å². The van der Waals surface area contributed by atoms with Crippen LogP contribution < -0.4 is 5.32 Å². The van der Waals surface area contributed by atoms with Crippen LogP contribution in [0.25, 0.3) is 0 Å². The Morgan fingerprint density at radius 1 is 1.46 bits per heavy atom. The van der Waals surface area contributed by atoms with E-state index in [4.69, 9.17) is 16.0 Å². The molecule has 1 rings (SSSR count). The molecule has 72 valence electrons. The molecule has 0 aliphatic heterocycles. The highest BCUT2D eigenvalue weighted by Gasteiger charge is 2.17. The summed E-state index contributed by atoms with van der Waals surface area (Å²) in [4.78, 5) is 11.4. The van der Waals surface area contributed by atoms with Gasteiger partial charge in [0, 0.05) is 5.54 Å². The monoisotopic (exact) mass is 201 g/mol. The lowest BCUT2D eigenvalue weighted by Gasteiger charge is -2.19. The van der Waals surface area contributed by atoms with Crippen molar-refractivity contribution in [2.45, 2.75) is 26.3 Å². The molecule has 3 nitrogen and oxygen atoms in total. The summed E-state index contributed by atoms with van der Waals surface area (Å²) in [6, 6.07) is 3.09. The molecule has 0 fully saturated rings. The van der Waals surface area contributed by atoms with Crippen LogP contribution in [0.5, 0.6) is 0 Å². The molecule has 0 aliphatic rings. The second-order valence-electron chi connectivity index (χ2n) is 3.81. The van der Waals surface area contributed by atoms with Gasteiger partial charge in [-0.2, -0.15) is 0 Å². The van der Waals surface area contributed by atoms with Gasteiger partial charge < -0.3 is 9.73 Å². The average molecular weight is 202 g/mol. The predicted molar refractivity (Wildman–Crippen MR) is 50.9 cm³/mol. The molecular formula is C9H12ClNO2. The molecule has 0 bridgehead atoms. The maximum Gasteiger partial charge on any atom is 0.287 e. The minimum absolute atomic E-state index is 0.221. The van der Waals surface area contributed by atoms with Crippen molar-refractivity contribution in [3.8, 4) is 0 Å². The van der Waals surface area contributed by atoms with Gasteiger partial charge in [-0.05, 0) is 44.5 Å². The third-order valence-electron chi connectivity index (χ3n) is 1.29. The molecule has 0 aliphatic carbocycles. The molecule has 1 amide bonds. The van der Waals surface area contributed by atoms with Gasteiger partial charge in [0.1, 0.15) is 0 Å². The van der Waals surface area contributed by atoms with Crippen molar-refractivity contribution >= 4 is 17.5 Å². The summed E-state index contributed by atoms with van der Waals surface area (Å²) in [6.07, 6.45) is 0. The first-order valence-electron chi connectivity index (χ1n) is 3.96. The van der Waals surface area contributed by atoms with Crippen molar-refractivity contribution in [1.29, 1.82) is 0 Å².